The third-order valence-electron chi connectivity index (χ3n) is 0. The van der Waals surface area contributed by atoms with Crippen LogP contribution in [0.15, 0.2) is 0 Å². The Morgan fingerprint density at radius 1 is 1.75 bits per heavy atom. The van der Waals surface area contributed by atoms with E-state index in [0.717, 1.165) is 6.92 Å². The van der Waals surface area contributed by atoms with Crippen molar-refractivity contribution in [3.8, 4) is 0 Å². The van der Waals surface area contributed by atoms with E-state index in [0.29, 0.717) is 0 Å². The molecule has 4 N–H and O–H groups in total. The van der Waals surface area contributed by atoms with Crippen molar-refractivity contribution in [2.45, 2.75) is 6.92 Å². The summed E-state index contributed by atoms with van der Waals surface area (Å²) in [6.07, 6.45) is 0. The van der Waals surface area contributed by atoms with E-state index in [1.165, 1.54) is 0 Å². The Balaban J connectivity index is -0.0000000575. The van der Waals surface area contributed by atoms with Gasteiger partial charge in [0.15, 0.2) is 0 Å². The summed E-state index contributed by atoms with van der Waals surface area (Å²) >= 11 is 0. The molecule has 0 aromatic rings. The van der Waals surface area contributed by atoms with Gasteiger partial charge >= 0.3 is 0 Å². The molecular formula is C3H9NO3Pd. The van der Waals surface area contributed by atoms with E-state index < -0.39 is 5.97 Å². The summed E-state index contributed by atoms with van der Waals surface area (Å²) < 4.78 is 0. The monoisotopic (exact) mass is 213 g/mol. The van der Waals surface area contributed by atoms with E-state index in [9.17, 15) is 0 Å². The summed E-state index contributed by atoms with van der Waals surface area (Å²) in [5.74, 6) is -0.833. The van der Waals surface area contributed by atoms with Crippen LogP contribution in [0, 0.1) is 0 Å². The van der Waals surface area contributed by atoms with Crippen molar-refractivity contribution >= 4 is 5.97 Å². The molecule has 0 heterocycles. The molecule has 0 atom stereocenters. The number of hydrogen-bond acceptors (Lipinski definition) is 3. The molecule has 5 heteroatoms. The standard InChI is InChI=1S/C2H4O2.CH5NO.Pd/c1-2(3)4;2-1-3;/h1H3,(H,3,4);3H,1-2H2;. The molecule has 4 nitrogen and oxygen atoms in total. The van der Waals surface area contributed by atoms with Crippen molar-refractivity contribution in [1.82, 2.24) is 0 Å². The first-order valence-corrected chi connectivity index (χ1v) is 1.65. The molecule has 0 radical (unpaired) electrons. The SMILES string of the molecule is CC(=O)O.NCO.[Pd]. The van der Waals surface area contributed by atoms with E-state index in [1.54, 1.807) is 0 Å². The zero-order chi connectivity index (χ0) is 6.28. The summed E-state index contributed by atoms with van der Waals surface area (Å²) in [7, 11) is 0. The van der Waals surface area contributed by atoms with Crippen LogP contribution < -0.4 is 5.73 Å². The van der Waals surface area contributed by atoms with Crippen molar-refractivity contribution in [3.63, 3.8) is 0 Å². The number of hydrogen-bond donors (Lipinski definition) is 3. The van der Waals surface area contributed by atoms with Crippen LogP contribution in [-0.2, 0) is 25.2 Å². The number of rotatable bonds is 0. The van der Waals surface area contributed by atoms with Gasteiger partial charge in [0.25, 0.3) is 5.97 Å². The molecule has 0 bridgehead atoms. The molecule has 0 saturated heterocycles. The predicted molar refractivity (Wildman–Crippen MR) is 24.6 cm³/mol. The summed E-state index contributed by atoms with van der Waals surface area (Å²) in [5.41, 5.74) is 4.40. The van der Waals surface area contributed by atoms with Gasteiger partial charge in [-0.2, -0.15) is 0 Å². The van der Waals surface area contributed by atoms with Crippen molar-refractivity contribution in [2.24, 2.45) is 5.73 Å². The Labute approximate surface area is 61.3 Å². The Morgan fingerprint density at radius 2 is 1.75 bits per heavy atom. The number of carboxylic acid groups (broad SMARTS) is 1. The zero-order valence-electron chi connectivity index (χ0n) is 4.40. The van der Waals surface area contributed by atoms with Crippen molar-refractivity contribution in [2.75, 3.05) is 6.73 Å². The van der Waals surface area contributed by atoms with Gasteiger partial charge in [0, 0.05) is 27.3 Å². The molecule has 54 valence electrons. The molecule has 0 saturated carbocycles. The van der Waals surface area contributed by atoms with Crippen LogP contribution in [0.4, 0.5) is 0 Å². The van der Waals surface area contributed by atoms with Gasteiger partial charge in [0.05, 0.1) is 6.73 Å². The summed E-state index contributed by atoms with van der Waals surface area (Å²) in [4.78, 5) is 9.00. The normalized spacial score (nSPS) is 5.38. The van der Waals surface area contributed by atoms with Gasteiger partial charge in [-0.25, -0.2) is 0 Å². The summed E-state index contributed by atoms with van der Waals surface area (Å²) in [6.45, 7) is 0.833. The van der Waals surface area contributed by atoms with Gasteiger partial charge in [-0.05, 0) is 0 Å². The van der Waals surface area contributed by atoms with Crippen LogP contribution in [0.2, 0.25) is 0 Å². The molecular weight excluding hydrogens is 204 g/mol. The number of carboxylic acids is 1. The minimum atomic E-state index is -0.833. The molecule has 0 unspecified atom stereocenters. The van der Waals surface area contributed by atoms with Crippen LogP contribution in [-0.4, -0.2) is 22.9 Å². The minimum Gasteiger partial charge on any atom is -0.481 e. The maximum Gasteiger partial charge on any atom is 0.300 e. The quantitative estimate of drug-likeness (QED) is 0.355. The molecule has 0 fully saturated rings. The second kappa shape index (κ2) is 15.7. The predicted octanol–water partition coefficient (Wildman–Crippen LogP) is -1.02. The first-order chi connectivity index (χ1) is 3.15. The average molecular weight is 214 g/mol. The molecule has 0 aliphatic heterocycles. The molecule has 0 aliphatic rings. The van der Waals surface area contributed by atoms with Crippen LogP contribution in [0.25, 0.3) is 0 Å². The van der Waals surface area contributed by atoms with Crippen molar-refractivity contribution < 1.29 is 35.4 Å². The molecule has 0 spiro atoms. The number of aliphatic hydroxyl groups excluding tert-OH is 1. The van der Waals surface area contributed by atoms with E-state index in [1.807, 2.05) is 0 Å². The van der Waals surface area contributed by atoms with Gasteiger partial charge < -0.3 is 15.9 Å². The second-order valence-electron chi connectivity index (χ2n) is 0.702. The van der Waals surface area contributed by atoms with Gasteiger partial charge in [-0.15, -0.1) is 0 Å². The van der Waals surface area contributed by atoms with E-state index in [2.05, 4.69) is 5.73 Å². The van der Waals surface area contributed by atoms with E-state index >= 15 is 0 Å². The molecule has 0 aromatic heterocycles. The Kier molecular flexibility index (Phi) is 30.9. The fraction of sp³-hybridized carbons (Fsp3) is 0.667. The number of aliphatic carboxylic acids is 1. The topological polar surface area (TPSA) is 83.5 Å². The van der Waals surface area contributed by atoms with Crippen LogP contribution in [0.5, 0.6) is 0 Å². The second-order valence-corrected chi connectivity index (χ2v) is 0.702. The molecule has 0 aromatic carbocycles. The Morgan fingerprint density at radius 3 is 1.75 bits per heavy atom. The molecule has 0 rings (SSSR count). The third-order valence-corrected chi connectivity index (χ3v) is 0. The maximum absolute atomic E-state index is 9.00. The number of aliphatic hydroxyl groups is 1. The van der Waals surface area contributed by atoms with E-state index in [-0.39, 0.29) is 27.2 Å². The van der Waals surface area contributed by atoms with Crippen molar-refractivity contribution in [1.29, 1.82) is 0 Å². The van der Waals surface area contributed by atoms with Crippen LogP contribution >= 0.6 is 0 Å². The first kappa shape index (κ1) is 15.7. The number of nitrogens with two attached hydrogens (primary N) is 1. The molecule has 8 heavy (non-hydrogen) atoms. The van der Waals surface area contributed by atoms with E-state index in [4.69, 9.17) is 15.0 Å². The summed E-state index contributed by atoms with van der Waals surface area (Å²) in [6, 6.07) is 0. The molecule has 0 amide bonds. The van der Waals surface area contributed by atoms with Gasteiger partial charge in [-0.3, -0.25) is 4.79 Å². The smallest absolute Gasteiger partial charge is 0.300 e. The minimum absolute atomic E-state index is 0. The average Bonchev–Trinajstić information content (AvgIpc) is 1.33. The van der Waals surface area contributed by atoms with Crippen molar-refractivity contribution in [3.05, 3.63) is 0 Å². The first-order valence-electron chi connectivity index (χ1n) is 1.65. The summed E-state index contributed by atoms with van der Waals surface area (Å²) in [5, 5.41) is 14.8. The zero-order valence-corrected chi connectivity index (χ0v) is 5.96. The fourth-order valence-electron chi connectivity index (χ4n) is 0. The van der Waals surface area contributed by atoms with Gasteiger partial charge in [0.1, 0.15) is 0 Å². The third kappa shape index (κ3) is 56400. The Bertz CT molecular complexity index is 45.8. The largest absolute Gasteiger partial charge is 0.481 e. The van der Waals surface area contributed by atoms with Gasteiger partial charge in [-0.1, -0.05) is 0 Å². The Hall–Kier alpha value is 0.0523. The molecule has 0 aliphatic carbocycles. The van der Waals surface area contributed by atoms with Crippen LogP contribution in [0.1, 0.15) is 6.92 Å². The van der Waals surface area contributed by atoms with Crippen LogP contribution in [0.3, 0.4) is 0 Å². The maximum atomic E-state index is 9.00. The number of carbonyl (C=O) groups is 1. The fourth-order valence-corrected chi connectivity index (χ4v) is 0. The van der Waals surface area contributed by atoms with Gasteiger partial charge in [0.2, 0.25) is 0 Å².